The predicted molar refractivity (Wildman–Crippen MR) is 101 cm³/mol. The summed E-state index contributed by atoms with van der Waals surface area (Å²) in [6, 6.07) is 6.13. The van der Waals surface area contributed by atoms with Gasteiger partial charge in [-0.3, -0.25) is 0 Å². The zero-order valence-electron chi connectivity index (χ0n) is 14.0. The van der Waals surface area contributed by atoms with E-state index in [9.17, 15) is 5.26 Å². The van der Waals surface area contributed by atoms with Crippen molar-refractivity contribution in [1.82, 2.24) is 19.3 Å². The van der Waals surface area contributed by atoms with Crippen LogP contribution in [-0.2, 0) is 0 Å². The molecule has 0 saturated heterocycles. The molecular weight excluding hydrogens is 348 g/mol. The third kappa shape index (κ3) is 3.29. The molecular formula is C17H18N8S. The van der Waals surface area contributed by atoms with E-state index in [0.717, 1.165) is 36.1 Å². The minimum atomic E-state index is 0.106. The smallest absolute Gasteiger partial charge is 0.183 e. The van der Waals surface area contributed by atoms with Crippen molar-refractivity contribution in [3.63, 3.8) is 0 Å². The van der Waals surface area contributed by atoms with Crippen molar-refractivity contribution >= 4 is 39.2 Å². The summed E-state index contributed by atoms with van der Waals surface area (Å²) in [5.74, 6) is 1.01. The Kier molecular flexibility index (Phi) is 4.60. The van der Waals surface area contributed by atoms with Gasteiger partial charge >= 0.3 is 0 Å². The van der Waals surface area contributed by atoms with Crippen molar-refractivity contribution in [1.29, 1.82) is 5.26 Å². The average Bonchev–Trinajstić information content (AvgIpc) is 3.07. The third-order valence-electron chi connectivity index (χ3n) is 4.52. The Balaban J connectivity index is 1.61. The lowest BCUT2D eigenvalue weighted by atomic mass is 9.91. The van der Waals surface area contributed by atoms with E-state index in [1.54, 1.807) is 12.4 Å². The van der Waals surface area contributed by atoms with Gasteiger partial charge in [-0.1, -0.05) is 12.8 Å². The van der Waals surface area contributed by atoms with Crippen molar-refractivity contribution in [3.8, 4) is 6.07 Å². The number of pyridine rings is 1. The first kappa shape index (κ1) is 16.6. The van der Waals surface area contributed by atoms with Crippen LogP contribution in [-0.4, -0.2) is 31.4 Å². The second kappa shape index (κ2) is 7.19. The Labute approximate surface area is 154 Å². The third-order valence-corrected chi connectivity index (χ3v) is 5.29. The fraction of sp³-hybridized carbons (Fsp3) is 0.353. The van der Waals surface area contributed by atoms with E-state index >= 15 is 0 Å². The standard InChI is InChI=1S/C17H18N8S/c18-8-13-16(24-17-10-4-3-7-20-15(10)25-26-17)23-14(9-21-13)22-12-6-2-1-5-11(12)19/h3-4,7,9,11-12H,1-2,5-6,19H2,(H2,22,23,24)/t11-,12+/m0/s1. The van der Waals surface area contributed by atoms with Gasteiger partial charge < -0.3 is 16.4 Å². The van der Waals surface area contributed by atoms with Crippen LogP contribution in [0.4, 0.5) is 16.6 Å². The lowest BCUT2D eigenvalue weighted by molar-refractivity contribution is 0.403. The summed E-state index contributed by atoms with van der Waals surface area (Å²) in [5.41, 5.74) is 7.09. The molecule has 26 heavy (non-hydrogen) atoms. The number of nitrogens with two attached hydrogens (primary N) is 1. The lowest BCUT2D eigenvalue weighted by Gasteiger charge is -2.29. The van der Waals surface area contributed by atoms with Gasteiger partial charge in [-0.25, -0.2) is 15.0 Å². The van der Waals surface area contributed by atoms with E-state index in [-0.39, 0.29) is 17.8 Å². The van der Waals surface area contributed by atoms with E-state index < -0.39 is 0 Å². The molecule has 132 valence electrons. The van der Waals surface area contributed by atoms with E-state index in [1.165, 1.54) is 11.5 Å². The van der Waals surface area contributed by atoms with Crippen LogP contribution >= 0.6 is 11.5 Å². The minimum absolute atomic E-state index is 0.106. The summed E-state index contributed by atoms with van der Waals surface area (Å²) in [5, 5.41) is 17.6. The first-order valence-corrected chi connectivity index (χ1v) is 9.28. The fourth-order valence-corrected chi connectivity index (χ4v) is 3.86. The summed E-state index contributed by atoms with van der Waals surface area (Å²) in [6.07, 6.45) is 7.61. The summed E-state index contributed by atoms with van der Waals surface area (Å²) in [6.45, 7) is 0. The van der Waals surface area contributed by atoms with Gasteiger partial charge in [-0.15, -0.1) is 0 Å². The highest BCUT2D eigenvalue weighted by molar-refractivity contribution is 7.11. The van der Waals surface area contributed by atoms with Crippen molar-refractivity contribution in [3.05, 3.63) is 30.2 Å². The molecule has 0 bridgehead atoms. The Bertz CT molecular complexity index is 963. The number of hydrogen-bond acceptors (Lipinski definition) is 9. The van der Waals surface area contributed by atoms with Gasteiger partial charge in [0.2, 0.25) is 0 Å². The van der Waals surface area contributed by atoms with Crippen LogP contribution in [0.2, 0.25) is 0 Å². The van der Waals surface area contributed by atoms with Gasteiger partial charge in [-0.05, 0) is 36.5 Å². The number of aromatic nitrogens is 4. The highest BCUT2D eigenvalue weighted by Gasteiger charge is 2.22. The van der Waals surface area contributed by atoms with Gasteiger partial charge in [0.15, 0.2) is 17.2 Å². The Morgan fingerprint density at radius 2 is 2.15 bits per heavy atom. The number of rotatable bonds is 4. The molecule has 0 unspecified atom stereocenters. The molecule has 3 aromatic heterocycles. The molecule has 1 saturated carbocycles. The quantitative estimate of drug-likeness (QED) is 0.643. The maximum Gasteiger partial charge on any atom is 0.183 e. The fourth-order valence-electron chi connectivity index (χ4n) is 3.14. The van der Waals surface area contributed by atoms with Crippen LogP contribution < -0.4 is 16.4 Å². The second-order valence-corrected chi connectivity index (χ2v) is 7.05. The molecule has 3 heterocycles. The zero-order valence-corrected chi connectivity index (χ0v) is 14.8. The molecule has 1 aliphatic rings. The molecule has 2 atom stereocenters. The van der Waals surface area contributed by atoms with E-state index in [2.05, 4.69) is 36.0 Å². The maximum absolute atomic E-state index is 9.36. The highest BCUT2D eigenvalue weighted by atomic mass is 32.1. The molecule has 1 aliphatic carbocycles. The van der Waals surface area contributed by atoms with Crippen LogP contribution in [0.5, 0.6) is 0 Å². The maximum atomic E-state index is 9.36. The summed E-state index contributed by atoms with van der Waals surface area (Å²) >= 11 is 1.28. The zero-order chi connectivity index (χ0) is 17.9. The molecule has 3 aromatic rings. The first-order chi connectivity index (χ1) is 12.7. The highest BCUT2D eigenvalue weighted by Crippen LogP contribution is 2.30. The van der Waals surface area contributed by atoms with Crippen LogP contribution in [0.1, 0.15) is 31.4 Å². The number of fused-ring (bicyclic) bond motifs is 1. The summed E-state index contributed by atoms with van der Waals surface area (Å²) < 4.78 is 4.30. The largest absolute Gasteiger partial charge is 0.364 e. The SMILES string of the molecule is N#Cc1ncc(N[C@@H]2CCCC[C@@H]2N)nc1Nc1snc2ncccc12. The van der Waals surface area contributed by atoms with Crippen LogP contribution in [0.3, 0.4) is 0 Å². The molecule has 0 aromatic carbocycles. The first-order valence-electron chi connectivity index (χ1n) is 8.51. The van der Waals surface area contributed by atoms with Crippen molar-refractivity contribution in [2.24, 2.45) is 5.73 Å². The molecule has 0 radical (unpaired) electrons. The second-order valence-electron chi connectivity index (χ2n) is 6.27. The average molecular weight is 366 g/mol. The number of nitrogens with zero attached hydrogens (tertiary/aromatic N) is 5. The van der Waals surface area contributed by atoms with Gasteiger partial charge in [0, 0.05) is 18.3 Å². The van der Waals surface area contributed by atoms with Gasteiger partial charge in [-0.2, -0.15) is 9.64 Å². The molecule has 0 spiro atoms. The van der Waals surface area contributed by atoms with Gasteiger partial charge in [0.1, 0.15) is 16.9 Å². The Hall–Kier alpha value is -2.83. The summed E-state index contributed by atoms with van der Waals surface area (Å²) in [4.78, 5) is 13.0. The number of nitriles is 1. The van der Waals surface area contributed by atoms with Crippen molar-refractivity contribution in [2.45, 2.75) is 37.8 Å². The van der Waals surface area contributed by atoms with Crippen molar-refractivity contribution in [2.75, 3.05) is 10.6 Å². The lowest BCUT2D eigenvalue weighted by Crippen LogP contribution is -2.42. The molecule has 4 rings (SSSR count). The number of anilines is 3. The van der Waals surface area contributed by atoms with E-state index in [4.69, 9.17) is 5.73 Å². The molecule has 8 nitrogen and oxygen atoms in total. The molecule has 0 amide bonds. The molecule has 0 aliphatic heterocycles. The monoisotopic (exact) mass is 366 g/mol. The van der Waals surface area contributed by atoms with Gasteiger partial charge in [0.05, 0.1) is 11.6 Å². The van der Waals surface area contributed by atoms with E-state index in [1.807, 2.05) is 12.1 Å². The van der Waals surface area contributed by atoms with Crippen LogP contribution in [0.25, 0.3) is 11.0 Å². The van der Waals surface area contributed by atoms with E-state index in [0.29, 0.717) is 17.3 Å². The minimum Gasteiger partial charge on any atom is -0.364 e. The Morgan fingerprint density at radius 3 is 3.00 bits per heavy atom. The van der Waals surface area contributed by atoms with Crippen LogP contribution in [0.15, 0.2) is 24.5 Å². The molecule has 1 fully saturated rings. The topological polar surface area (TPSA) is 125 Å². The molecule has 9 heteroatoms. The predicted octanol–water partition coefficient (Wildman–Crippen LogP) is 2.78. The van der Waals surface area contributed by atoms with Crippen LogP contribution in [0, 0.1) is 11.3 Å². The number of hydrogen-bond donors (Lipinski definition) is 3. The summed E-state index contributed by atoms with van der Waals surface area (Å²) in [7, 11) is 0. The molecule has 4 N–H and O–H groups in total. The van der Waals surface area contributed by atoms with Gasteiger partial charge in [0.25, 0.3) is 0 Å². The normalized spacial score (nSPS) is 19.8. The van der Waals surface area contributed by atoms with Crippen molar-refractivity contribution < 1.29 is 0 Å². The Morgan fingerprint density at radius 1 is 1.27 bits per heavy atom. The number of nitrogens with one attached hydrogen (secondary N) is 2.